The molecule has 1 unspecified atom stereocenters. The Labute approximate surface area is 170 Å². The predicted octanol–water partition coefficient (Wildman–Crippen LogP) is 2.43. The number of nitrogens with one attached hydrogen (secondary N) is 1. The molecule has 0 spiro atoms. The van der Waals surface area contributed by atoms with Crippen LogP contribution < -0.4 is 5.32 Å². The molecule has 1 N–H and O–H groups in total. The maximum atomic E-state index is 9.12. The highest BCUT2D eigenvalue weighted by molar-refractivity contribution is 5.54. The van der Waals surface area contributed by atoms with Crippen molar-refractivity contribution < 1.29 is 9.47 Å². The van der Waals surface area contributed by atoms with Gasteiger partial charge in [-0.15, -0.1) is 0 Å². The van der Waals surface area contributed by atoms with E-state index in [4.69, 9.17) is 19.8 Å². The van der Waals surface area contributed by atoms with Gasteiger partial charge in [-0.05, 0) is 44.5 Å². The van der Waals surface area contributed by atoms with Gasteiger partial charge in [0.05, 0.1) is 43.5 Å². The minimum atomic E-state index is 0.289. The maximum Gasteiger partial charge on any atom is 0.153 e. The summed E-state index contributed by atoms with van der Waals surface area (Å²) in [6.07, 6.45) is 4.91. The molecular formula is C21H26N6O2. The van der Waals surface area contributed by atoms with Gasteiger partial charge in [-0.25, -0.2) is 4.98 Å². The number of hydrogen-bond acceptors (Lipinski definition) is 7. The number of rotatable bonds is 5. The number of anilines is 2. The first-order valence-corrected chi connectivity index (χ1v) is 10.4. The molecule has 0 radical (unpaired) electrons. The SMILES string of the molecule is N#Cc1ccnc(Nc2cc(C3CCN(C4COC4)CC3)n(C3CCOC3)n2)c1. The fraction of sp³-hybridized carbons (Fsp3) is 0.571. The van der Waals surface area contributed by atoms with E-state index in [1.807, 2.05) is 0 Å². The van der Waals surface area contributed by atoms with Crippen molar-refractivity contribution in [3.8, 4) is 6.07 Å². The molecule has 3 saturated heterocycles. The van der Waals surface area contributed by atoms with E-state index >= 15 is 0 Å². The molecule has 2 aromatic heterocycles. The smallest absolute Gasteiger partial charge is 0.153 e. The second-order valence-corrected chi connectivity index (χ2v) is 8.08. The predicted molar refractivity (Wildman–Crippen MR) is 107 cm³/mol. The molecule has 152 valence electrons. The molecule has 5 heterocycles. The first kappa shape index (κ1) is 18.6. The molecule has 0 saturated carbocycles. The topological polar surface area (TPSA) is 88.2 Å². The molecule has 1 atom stereocenters. The third-order valence-electron chi connectivity index (χ3n) is 6.25. The highest BCUT2D eigenvalue weighted by atomic mass is 16.5. The Hall–Kier alpha value is -2.47. The highest BCUT2D eigenvalue weighted by Crippen LogP contribution is 2.34. The van der Waals surface area contributed by atoms with Crippen molar-refractivity contribution in [3.63, 3.8) is 0 Å². The van der Waals surface area contributed by atoms with Crippen molar-refractivity contribution in [3.05, 3.63) is 35.7 Å². The minimum Gasteiger partial charge on any atom is -0.379 e. The van der Waals surface area contributed by atoms with Crippen LogP contribution in [0.15, 0.2) is 24.4 Å². The van der Waals surface area contributed by atoms with Crippen molar-refractivity contribution in [2.24, 2.45) is 0 Å². The molecule has 8 heteroatoms. The number of piperidine rings is 1. The Bertz CT molecular complexity index is 889. The lowest BCUT2D eigenvalue weighted by Crippen LogP contribution is -2.51. The van der Waals surface area contributed by atoms with E-state index in [-0.39, 0.29) is 6.04 Å². The third-order valence-corrected chi connectivity index (χ3v) is 6.25. The van der Waals surface area contributed by atoms with Gasteiger partial charge in [0, 0.05) is 30.5 Å². The summed E-state index contributed by atoms with van der Waals surface area (Å²) < 4.78 is 13.2. The summed E-state index contributed by atoms with van der Waals surface area (Å²) >= 11 is 0. The fourth-order valence-corrected chi connectivity index (χ4v) is 4.48. The van der Waals surface area contributed by atoms with E-state index in [0.717, 1.165) is 58.0 Å². The summed E-state index contributed by atoms with van der Waals surface area (Å²) in [7, 11) is 0. The lowest BCUT2D eigenvalue weighted by molar-refractivity contribution is -0.0714. The second-order valence-electron chi connectivity index (χ2n) is 8.08. The first-order valence-electron chi connectivity index (χ1n) is 10.4. The average molecular weight is 394 g/mol. The van der Waals surface area contributed by atoms with E-state index < -0.39 is 0 Å². The molecule has 2 aromatic rings. The van der Waals surface area contributed by atoms with E-state index in [0.29, 0.717) is 29.9 Å². The van der Waals surface area contributed by atoms with Crippen LogP contribution in [0.3, 0.4) is 0 Å². The Morgan fingerprint density at radius 3 is 2.55 bits per heavy atom. The van der Waals surface area contributed by atoms with Gasteiger partial charge in [-0.3, -0.25) is 9.58 Å². The largest absolute Gasteiger partial charge is 0.379 e. The van der Waals surface area contributed by atoms with Crippen molar-refractivity contribution >= 4 is 11.6 Å². The molecule has 29 heavy (non-hydrogen) atoms. The van der Waals surface area contributed by atoms with E-state index in [1.54, 1.807) is 18.3 Å². The number of nitrogens with zero attached hydrogens (tertiary/aromatic N) is 5. The second kappa shape index (κ2) is 8.11. The number of pyridine rings is 1. The lowest BCUT2D eigenvalue weighted by atomic mass is 9.92. The van der Waals surface area contributed by atoms with Gasteiger partial charge in [0.15, 0.2) is 5.82 Å². The molecule has 5 rings (SSSR count). The number of nitriles is 1. The Kier molecular flexibility index (Phi) is 5.19. The average Bonchev–Trinajstić information content (AvgIpc) is 3.37. The zero-order valence-electron chi connectivity index (χ0n) is 16.5. The van der Waals surface area contributed by atoms with Crippen molar-refractivity contribution in [2.45, 2.75) is 37.3 Å². The van der Waals surface area contributed by atoms with Crippen LogP contribution in [0.2, 0.25) is 0 Å². The normalized spacial score (nSPS) is 23.6. The quantitative estimate of drug-likeness (QED) is 0.833. The van der Waals surface area contributed by atoms with Gasteiger partial charge in [0.25, 0.3) is 0 Å². The van der Waals surface area contributed by atoms with E-state index in [2.05, 4.69) is 32.0 Å². The summed E-state index contributed by atoms with van der Waals surface area (Å²) in [5.74, 6) is 1.92. The zero-order valence-corrected chi connectivity index (χ0v) is 16.5. The first-order chi connectivity index (χ1) is 14.3. The molecular weight excluding hydrogens is 368 g/mol. The number of likely N-dealkylation sites (tertiary alicyclic amines) is 1. The van der Waals surface area contributed by atoms with Gasteiger partial charge in [0.2, 0.25) is 0 Å². The minimum absolute atomic E-state index is 0.289. The zero-order chi connectivity index (χ0) is 19.6. The molecule has 0 amide bonds. The van der Waals surface area contributed by atoms with Crippen molar-refractivity contribution in [2.75, 3.05) is 44.8 Å². The molecule has 0 bridgehead atoms. The van der Waals surface area contributed by atoms with Gasteiger partial charge < -0.3 is 14.8 Å². The van der Waals surface area contributed by atoms with Crippen LogP contribution in [0.5, 0.6) is 0 Å². The van der Waals surface area contributed by atoms with Gasteiger partial charge in [0.1, 0.15) is 5.82 Å². The summed E-state index contributed by atoms with van der Waals surface area (Å²) in [5, 5.41) is 17.3. The summed E-state index contributed by atoms with van der Waals surface area (Å²) in [4.78, 5) is 6.89. The van der Waals surface area contributed by atoms with E-state index in [1.165, 1.54) is 5.69 Å². The molecule has 3 aliphatic heterocycles. The van der Waals surface area contributed by atoms with Crippen molar-refractivity contribution in [1.29, 1.82) is 5.26 Å². The number of aromatic nitrogens is 3. The molecule has 0 aliphatic carbocycles. The highest BCUT2D eigenvalue weighted by Gasteiger charge is 2.32. The van der Waals surface area contributed by atoms with Crippen LogP contribution >= 0.6 is 0 Å². The summed E-state index contributed by atoms with van der Waals surface area (Å²) in [6.45, 7) is 5.49. The molecule has 3 aliphatic rings. The van der Waals surface area contributed by atoms with Gasteiger partial charge in [-0.2, -0.15) is 10.4 Å². The van der Waals surface area contributed by atoms with Gasteiger partial charge >= 0.3 is 0 Å². The standard InChI is InChI=1S/C21H26N6O2/c22-11-15-1-5-23-20(9-15)24-21-10-19(27(25-21)17-4-8-28-12-17)16-2-6-26(7-3-16)18-13-29-14-18/h1,5,9-10,16-18H,2-4,6-8,12-14H2,(H,23,24,25). The van der Waals surface area contributed by atoms with Crippen LogP contribution in [-0.2, 0) is 9.47 Å². The van der Waals surface area contributed by atoms with Crippen molar-refractivity contribution in [1.82, 2.24) is 19.7 Å². The Morgan fingerprint density at radius 1 is 1.03 bits per heavy atom. The van der Waals surface area contributed by atoms with Gasteiger partial charge in [-0.1, -0.05) is 0 Å². The van der Waals surface area contributed by atoms with Crippen LogP contribution in [0.4, 0.5) is 11.6 Å². The Morgan fingerprint density at radius 2 is 1.86 bits per heavy atom. The molecule has 8 nitrogen and oxygen atoms in total. The number of hydrogen-bond donors (Lipinski definition) is 1. The third kappa shape index (κ3) is 3.86. The number of ether oxygens (including phenoxy) is 2. The van der Waals surface area contributed by atoms with Crippen LogP contribution in [-0.4, -0.2) is 65.2 Å². The molecule has 3 fully saturated rings. The van der Waals surface area contributed by atoms with Crippen LogP contribution in [0.25, 0.3) is 0 Å². The Balaban J connectivity index is 1.36. The summed E-state index contributed by atoms with van der Waals surface area (Å²) in [5.41, 5.74) is 1.86. The van der Waals surface area contributed by atoms with E-state index in [9.17, 15) is 0 Å². The molecule has 0 aromatic carbocycles. The lowest BCUT2D eigenvalue weighted by Gasteiger charge is -2.41. The van der Waals surface area contributed by atoms with Crippen LogP contribution in [0, 0.1) is 11.3 Å². The maximum absolute atomic E-state index is 9.12. The fourth-order valence-electron chi connectivity index (χ4n) is 4.48. The summed E-state index contributed by atoms with van der Waals surface area (Å²) in [6, 6.07) is 8.66. The monoisotopic (exact) mass is 394 g/mol. The van der Waals surface area contributed by atoms with Crippen LogP contribution in [0.1, 0.15) is 42.5 Å².